The molecular formula is C20H21N3O2S2. The van der Waals surface area contributed by atoms with Crippen molar-refractivity contribution in [3.8, 4) is 0 Å². The summed E-state index contributed by atoms with van der Waals surface area (Å²) in [6.07, 6.45) is 1.66. The van der Waals surface area contributed by atoms with Crippen molar-refractivity contribution < 1.29 is 4.79 Å². The zero-order chi connectivity index (χ0) is 19.6. The first-order valence-electron chi connectivity index (χ1n) is 8.50. The first-order valence-corrected chi connectivity index (χ1v) is 10.3. The third-order valence-electron chi connectivity index (χ3n) is 3.89. The molecule has 0 aliphatic heterocycles. The molecule has 0 atom stereocenters. The molecule has 0 unspecified atom stereocenters. The van der Waals surface area contributed by atoms with Crippen LogP contribution < -0.4 is 10.9 Å². The molecule has 0 fully saturated rings. The Hall–Kier alpha value is -2.38. The van der Waals surface area contributed by atoms with E-state index >= 15 is 0 Å². The van der Waals surface area contributed by atoms with Gasteiger partial charge < -0.3 is 5.32 Å². The SMILES string of the molecule is C=CCn1c(SCC(=O)Nc2cc(C)cc(C)c2)nc2sc(C)cc2c1=O. The Morgan fingerprint density at radius 3 is 2.63 bits per heavy atom. The maximum Gasteiger partial charge on any atom is 0.263 e. The lowest BCUT2D eigenvalue weighted by atomic mass is 10.1. The minimum atomic E-state index is -0.133. The third kappa shape index (κ3) is 4.48. The molecule has 3 rings (SSSR count). The molecular weight excluding hydrogens is 378 g/mol. The van der Waals surface area contributed by atoms with E-state index < -0.39 is 0 Å². The molecule has 27 heavy (non-hydrogen) atoms. The van der Waals surface area contributed by atoms with Crippen molar-refractivity contribution in [2.45, 2.75) is 32.5 Å². The molecule has 0 saturated heterocycles. The van der Waals surface area contributed by atoms with E-state index in [1.54, 1.807) is 10.6 Å². The first-order chi connectivity index (χ1) is 12.9. The Morgan fingerprint density at radius 1 is 1.26 bits per heavy atom. The Bertz CT molecular complexity index is 1060. The highest BCUT2D eigenvalue weighted by Gasteiger charge is 2.14. The van der Waals surface area contributed by atoms with Crippen LogP contribution in [0.3, 0.4) is 0 Å². The number of nitrogens with zero attached hydrogens (tertiary/aromatic N) is 2. The summed E-state index contributed by atoms with van der Waals surface area (Å²) in [7, 11) is 0. The number of thioether (sulfide) groups is 1. The minimum Gasteiger partial charge on any atom is -0.325 e. The van der Waals surface area contributed by atoms with Gasteiger partial charge in [-0.3, -0.25) is 14.2 Å². The van der Waals surface area contributed by atoms with E-state index in [1.807, 2.05) is 39.0 Å². The zero-order valence-electron chi connectivity index (χ0n) is 15.5. The quantitative estimate of drug-likeness (QED) is 0.381. The first kappa shape index (κ1) is 19.4. The highest BCUT2D eigenvalue weighted by molar-refractivity contribution is 7.99. The van der Waals surface area contributed by atoms with Gasteiger partial charge in [-0.05, 0) is 50.1 Å². The normalized spacial score (nSPS) is 10.9. The Morgan fingerprint density at radius 2 is 1.96 bits per heavy atom. The molecule has 5 nitrogen and oxygen atoms in total. The number of anilines is 1. The number of thiophene rings is 1. The minimum absolute atomic E-state index is 0.0959. The Balaban J connectivity index is 1.81. The van der Waals surface area contributed by atoms with E-state index in [2.05, 4.69) is 22.9 Å². The molecule has 7 heteroatoms. The van der Waals surface area contributed by atoms with Crippen LogP contribution in [0.1, 0.15) is 16.0 Å². The summed E-state index contributed by atoms with van der Waals surface area (Å²) in [4.78, 5) is 31.4. The molecule has 0 spiro atoms. The van der Waals surface area contributed by atoms with Crippen LogP contribution in [0.4, 0.5) is 5.69 Å². The van der Waals surface area contributed by atoms with Crippen molar-refractivity contribution in [1.82, 2.24) is 9.55 Å². The Kier molecular flexibility index (Phi) is 5.82. The number of aryl methyl sites for hydroxylation is 3. The number of carbonyl (C=O) groups is 1. The second-order valence-electron chi connectivity index (χ2n) is 6.39. The lowest BCUT2D eigenvalue weighted by molar-refractivity contribution is -0.113. The molecule has 0 radical (unpaired) electrons. The standard InChI is InChI=1S/C20H21N3O2S2/c1-5-6-23-19(25)16-10-14(4)27-18(16)22-20(23)26-11-17(24)21-15-8-12(2)7-13(3)9-15/h5,7-10H,1,6,11H2,2-4H3,(H,21,24). The number of aromatic nitrogens is 2. The number of fused-ring (bicyclic) bond motifs is 1. The zero-order valence-corrected chi connectivity index (χ0v) is 17.2. The molecule has 0 aliphatic carbocycles. The third-order valence-corrected chi connectivity index (χ3v) is 5.81. The van der Waals surface area contributed by atoms with Gasteiger partial charge in [0.1, 0.15) is 4.83 Å². The molecule has 2 heterocycles. The van der Waals surface area contributed by atoms with Gasteiger partial charge in [0.05, 0.1) is 11.1 Å². The molecule has 0 saturated carbocycles. The fourth-order valence-corrected chi connectivity index (χ4v) is 4.62. The fourth-order valence-electron chi connectivity index (χ4n) is 2.89. The number of hydrogen-bond acceptors (Lipinski definition) is 5. The average molecular weight is 400 g/mol. The number of allylic oxidation sites excluding steroid dienone is 1. The van der Waals surface area contributed by atoms with Gasteiger partial charge in [0.2, 0.25) is 5.91 Å². The Labute approximate surface area is 166 Å². The number of carbonyl (C=O) groups excluding carboxylic acids is 1. The molecule has 1 amide bonds. The van der Waals surface area contributed by atoms with Crippen molar-refractivity contribution in [2.24, 2.45) is 0 Å². The molecule has 3 aromatic rings. The molecule has 1 N–H and O–H groups in total. The predicted molar refractivity (Wildman–Crippen MR) is 114 cm³/mol. The molecule has 1 aromatic carbocycles. The van der Waals surface area contributed by atoms with E-state index in [0.717, 1.165) is 21.7 Å². The van der Waals surface area contributed by atoms with Gasteiger partial charge >= 0.3 is 0 Å². The smallest absolute Gasteiger partial charge is 0.263 e. The van der Waals surface area contributed by atoms with Gasteiger partial charge in [-0.2, -0.15) is 0 Å². The molecule has 0 aliphatic rings. The van der Waals surface area contributed by atoms with Gasteiger partial charge in [-0.25, -0.2) is 4.98 Å². The summed E-state index contributed by atoms with van der Waals surface area (Å²) in [6.45, 7) is 10.0. The van der Waals surface area contributed by atoms with Crippen molar-refractivity contribution in [2.75, 3.05) is 11.1 Å². The van der Waals surface area contributed by atoms with Crippen LogP contribution in [0.15, 0.2) is 46.9 Å². The van der Waals surface area contributed by atoms with Crippen LogP contribution in [0, 0.1) is 20.8 Å². The summed E-state index contributed by atoms with van der Waals surface area (Å²) >= 11 is 2.74. The van der Waals surface area contributed by atoms with Crippen LogP contribution in [-0.2, 0) is 11.3 Å². The predicted octanol–water partition coefficient (Wildman–Crippen LogP) is 4.30. The van der Waals surface area contributed by atoms with E-state index in [9.17, 15) is 9.59 Å². The summed E-state index contributed by atoms with van der Waals surface area (Å²) in [5.41, 5.74) is 2.87. The monoisotopic (exact) mass is 399 g/mol. The number of hydrogen-bond donors (Lipinski definition) is 1. The fraction of sp³-hybridized carbons (Fsp3) is 0.250. The van der Waals surface area contributed by atoms with E-state index in [-0.39, 0.29) is 17.2 Å². The van der Waals surface area contributed by atoms with Crippen LogP contribution in [0.2, 0.25) is 0 Å². The van der Waals surface area contributed by atoms with Crippen LogP contribution in [0.5, 0.6) is 0 Å². The summed E-state index contributed by atoms with van der Waals surface area (Å²) < 4.78 is 1.57. The van der Waals surface area contributed by atoms with Gasteiger partial charge in [-0.1, -0.05) is 23.9 Å². The summed E-state index contributed by atoms with van der Waals surface area (Å²) in [5.74, 6) is 0.0405. The largest absolute Gasteiger partial charge is 0.325 e. The highest BCUT2D eigenvalue weighted by atomic mass is 32.2. The molecule has 2 aromatic heterocycles. The number of nitrogens with one attached hydrogen (secondary N) is 1. The second-order valence-corrected chi connectivity index (χ2v) is 8.57. The topological polar surface area (TPSA) is 64.0 Å². The van der Waals surface area contributed by atoms with E-state index in [4.69, 9.17) is 0 Å². The van der Waals surface area contributed by atoms with Crippen molar-refractivity contribution >= 4 is 44.9 Å². The van der Waals surface area contributed by atoms with Gasteiger partial charge in [0.25, 0.3) is 5.56 Å². The van der Waals surface area contributed by atoms with Crippen LogP contribution in [0.25, 0.3) is 10.2 Å². The maximum atomic E-state index is 12.7. The van der Waals surface area contributed by atoms with Crippen molar-refractivity contribution in [1.29, 1.82) is 0 Å². The van der Waals surface area contributed by atoms with Gasteiger partial charge in [0.15, 0.2) is 5.16 Å². The second kappa shape index (κ2) is 8.10. The van der Waals surface area contributed by atoms with E-state index in [0.29, 0.717) is 21.9 Å². The summed E-state index contributed by atoms with van der Waals surface area (Å²) in [6, 6.07) is 7.78. The lowest BCUT2D eigenvalue weighted by Crippen LogP contribution is -2.23. The summed E-state index contributed by atoms with van der Waals surface area (Å²) in [5, 5.41) is 4.06. The van der Waals surface area contributed by atoms with Crippen LogP contribution in [-0.4, -0.2) is 21.2 Å². The van der Waals surface area contributed by atoms with Crippen molar-refractivity contribution in [3.05, 3.63) is 63.3 Å². The van der Waals surface area contributed by atoms with Crippen LogP contribution >= 0.6 is 23.1 Å². The lowest BCUT2D eigenvalue weighted by Gasteiger charge is -2.10. The average Bonchev–Trinajstić information content (AvgIpc) is 2.95. The number of rotatable bonds is 6. The molecule has 0 bridgehead atoms. The van der Waals surface area contributed by atoms with Gasteiger partial charge in [0, 0.05) is 17.1 Å². The number of benzene rings is 1. The van der Waals surface area contributed by atoms with Crippen molar-refractivity contribution in [3.63, 3.8) is 0 Å². The maximum absolute atomic E-state index is 12.7. The number of amides is 1. The molecule has 140 valence electrons. The van der Waals surface area contributed by atoms with Gasteiger partial charge in [-0.15, -0.1) is 17.9 Å². The van der Waals surface area contributed by atoms with E-state index in [1.165, 1.54) is 23.1 Å². The highest BCUT2D eigenvalue weighted by Crippen LogP contribution is 2.24.